The van der Waals surface area contributed by atoms with Crippen molar-refractivity contribution >= 4 is 11.7 Å². The standard InChI is InChI=1S/C16H23N3O3/c1-2-10-22-15-5-3-4-14(13-15)18-16(20)17-6-7-19-8-11-21-12-9-19/h2-5,13H,1,6-12H2,(H2,17,18,20). The van der Waals surface area contributed by atoms with Crippen LogP contribution in [0, 0.1) is 0 Å². The van der Waals surface area contributed by atoms with Gasteiger partial charge in [0, 0.05) is 37.9 Å². The summed E-state index contributed by atoms with van der Waals surface area (Å²) in [5.74, 6) is 0.700. The van der Waals surface area contributed by atoms with Gasteiger partial charge in [-0.15, -0.1) is 0 Å². The molecule has 0 radical (unpaired) electrons. The number of ether oxygens (including phenoxy) is 2. The number of urea groups is 1. The van der Waals surface area contributed by atoms with Gasteiger partial charge in [0.25, 0.3) is 0 Å². The van der Waals surface area contributed by atoms with Crippen molar-refractivity contribution in [1.82, 2.24) is 10.2 Å². The number of nitrogens with one attached hydrogen (secondary N) is 2. The molecule has 1 aliphatic heterocycles. The molecule has 1 aromatic carbocycles. The fraction of sp³-hybridized carbons (Fsp3) is 0.438. The second-order valence-corrected chi connectivity index (χ2v) is 4.96. The molecule has 2 amide bonds. The Hall–Kier alpha value is -2.05. The number of benzene rings is 1. The second kappa shape index (κ2) is 9.07. The highest BCUT2D eigenvalue weighted by Gasteiger charge is 2.10. The summed E-state index contributed by atoms with van der Waals surface area (Å²) in [4.78, 5) is 14.1. The lowest BCUT2D eigenvalue weighted by molar-refractivity contribution is 0.0388. The molecule has 1 aliphatic rings. The van der Waals surface area contributed by atoms with Crippen molar-refractivity contribution in [3.63, 3.8) is 0 Å². The molecular formula is C16H23N3O3. The molecular weight excluding hydrogens is 282 g/mol. The van der Waals surface area contributed by atoms with Crippen molar-refractivity contribution < 1.29 is 14.3 Å². The first-order valence-electron chi connectivity index (χ1n) is 7.46. The lowest BCUT2D eigenvalue weighted by Crippen LogP contribution is -2.42. The van der Waals surface area contributed by atoms with E-state index in [1.807, 2.05) is 18.2 Å². The zero-order valence-electron chi connectivity index (χ0n) is 12.7. The molecule has 0 aromatic heterocycles. The number of amides is 2. The van der Waals surface area contributed by atoms with Gasteiger partial charge >= 0.3 is 6.03 Å². The first-order valence-corrected chi connectivity index (χ1v) is 7.46. The minimum absolute atomic E-state index is 0.214. The summed E-state index contributed by atoms with van der Waals surface area (Å²) in [7, 11) is 0. The molecule has 1 saturated heterocycles. The van der Waals surface area contributed by atoms with E-state index in [0.29, 0.717) is 24.6 Å². The molecule has 0 bridgehead atoms. The molecule has 2 N–H and O–H groups in total. The Balaban J connectivity index is 1.70. The summed E-state index contributed by atoms with van der Waals surface area (Å²) in [6.45, 7) is 8.86. The highest BCUT2D eigenvalue weighted by atomic mass is 16.5. The summed E-state index contributed by atoms with van der Waals surface area (Å²) in [6.07, 6.45) is 1.68. The normalized spacial score (nSPS) is 15.1. The number of carbonyl (C=O) groups excluding carboxylic acids is 1. The van der Waals surface area contributed by atoms with Crippen molar-refractivity contribution in [2.45, 2.75) is 0 Å². The highest BCUT2D eigenvalue weighted by molar-refractivity contribution is 5.89. The first kappa shape index (κ1) is 16.3. The molecule has 0 spiro atoms. The van der Waals surface area contributed by atoms with E-state index < -0.39 is 0 Å². The molecule has 1 fully saturated rings. The van der Waals surface area contributed by atoms with E-state index in [2.05, 4.69) is 22.1 Å². The zero-order valence-corrected chi connectivity index (χ0v) is 12.7. The van der Waals surface area contributed by atoms with E-state index >= 15 is 0 Å². The fourth-order valence-corrected chi connectivity index (χ4v) is 2.15. The van der Waals surface area contributed by atoms with Crippen LogP contribution in [0.4, 0.5) is 10.5 Å². The van der Waals surface area contributed by atoms with Gasteiger partial charge in [-0.3, -0.25) is 4.90 Å². The van der Waals surface area contributed by atoms with Crippen molar-refractivity contribution in [2.75, 3.05) is 51.3 Å². The molecule has 6 heteroatoms. The van der Waals surface area contributed by atoms with Crippen LogP contribution in [0.15, 0.2) is 36.9 Å². The van der Waals surface area contributed by atoms with Gasteiger partial charge in [0.1, 0.15) is 12.4 Å². The topological polar surface area (TPSA) is 62.8 Å². The summed E-state index contributed by atoms with van der Waals surface area (Å²) < 4.78 is 10.7. The Morgan fingerprint density at radius 2 is 2.23 bits per heavy atom. The molecule has 1 aromatic rings. The molecule has 0 saturated carbocycles. The Morgan fingerprint density at radius 3 is 3.00 bits per heavy atom. The lowest BCUT2D eigenvalue weighted by atomic mass is 10.3. The van der Waals surface area contributed by atoms with Crippen LogP contribution in [0.1, 0.15) is 0 Å². The van der Waals surface area contributed by atoms with Crippen LogP contribution in [-0.2, 0) is 4.74 Å². The van der Waals surface area contributed by atoms with Gasteiger partial charge in [0.15, 0.2) is 0 Å². The van der Waals surface area contributed by atoms with Crippen molar-refractivity contribution in [2.24, 2.45) is 0 Å². The molecule has 2 rings (SSSR count). The molecule has 1 heterocycles. The van der Waals surface area contributed by atoms with Crippen LogP contribution in [0.3, 0.4) is 0 Å². The molecule has 22 heavy (non-hydrogen) atoms. The third-order valence-electron chi connectivity index (χ3n) is 3.28. The third kappa shape index (κ3) is 5.75. The van der Waals surface area contributed by atoms with E-state index in [4.69, 9.17) is 9.47 Å². The highest BCUT2D eigenvalue weighted by Crippen LogP contribution is 2.17. The van der Waals surface area contributed by atoms with Gasteiger partial charge in [0.2, 0.25) is 0 Å². The van der Waals surface area contributed by atoms with E-state index in [9.17, 15) is 4.79 Å². The van der Waals surface area contributed by atoms with Gasteiger partial charge in [-0.2, -0.15) is 0 Å². The van der Waals surface area contributed by atoms with Crippen LogP contribution in [0.25, 0.3) is 0 Å². The van der Waals surface area contributed by atoms with Crippen LogP contribution in [0.5, 0.6) is 5.75 Å². The lowest BCUT2D eigenvalue weighted by Gasteiger charge is -2.26. The maximum absolute atomic E-state index is 11.9. The predicted molar refractivity (Wildman–Crippen MR) is 86.4 cm³/mol. The maximum atomic E-state index is 11.9. The van der Waals surface area contributed by atoms with E-state index in [1.165, 1.54) is 0 Å². The maximum Gasteiger partial charge on any atom is 0.319 e. The number of hydrogen-bond acceptors (Lipinski definition) is 4. The molecule has 0 unspecified atom stereocenters. The third-order valence-corrected chi connectivity index (χ3v) is 3.28. The summed E-state index contributed by atoms with van der Waals surface area (Å²) in [5.41, 5.74) is 0.699. The number of rotatable bonds is 7. The van der Waals surface area contributed by atoms with Crippen molar-refractivity contribution in [3.05, 3.63) is 36.9 Å². The number of morpholine rings is 1. The van der Waals surface area contributed by atoms with Crippen LogP contribution in [0.2, 0.25) is 0 Å². The average molecular weight is 305 g/mol. The fourth-order valence-electron chi connectivity index (χ4n) is 2.15. The van der Waals surface area contributed by atoms with E-state index in [0.717, 1.165) is 32.8 Å². The van der Waals surface area contributed by atoms with Gasteiger partial charge < -0.3 is 20.1 Å². The number of nitrogens with zero attached hydrogens (tertiary/aromatic N) is 1. The van der Waals surface area contributed by atoms with Crippen LogP contribution >= 0.6 is 0 Å². The van der Waals surface area contributed by atoms with Crippen LogP contribution < -0.4 is 15.4 Å². The minimum Gasteiger partial charge on any atom is -0.489 e. The predicted octanol–water partition coefficient (Wildman–Crippen LogP) is 1.71. The van der Waals surface area contributed by atoms with Gasteiger partial charge in [-0.25, -0.2) is 4.79 Å². The molecule has 6 nitrogen and oxygen atoms in total. The Labute approximate surface area is 131 Å². The largest absolute Gasteiger partial charge is 0.489 e. The van der Waals surface area contributed by atoms with Gasteiger partial charge in [-0.05, 0) is 12.1 Å². The Morgan fingerprint density at radius 1 is 1.41 bits per heavy atom. The quantitative estimate of drug-likeness (QED) is 0.753. The Kier molecular flexibility index (Phi) is 6.73. The average Bonchev–Trinajstić information content (AvgIpc) is 2.54. The molecule has 0 atom stereocenters. The number of anilines is 1. The minimum atomic E-state index is -0.214. The second-order valence-electron chi connectivity index (χ2n) is 4.96. The van der Waals surface area contributed by atoms with Gasteiger partial charge in [0.05, 0.1) is 13.2 Å². The molecule has 120 valence electrons. The van der Waals surface area contributed by atoms with Crippen LogP contribution in [-0.4, -0.2) is 56.9 Å². The number of hydrogen-bond donors (Lipinski definition) is 2. The van der Waals surface area contributed by atoms with E-state index in [1.54, 1.807) is 12.1 Å². The molecule has 0 aliphatic carbocycles. The summed E-state index contributed by atoms with van der Waals surface area (Å²) >= 11 is 0. The van der Waals surface area contributed by atoms with Crippen molar-refractivity contribution in [3.8, 4) is 5.75 Å². The zero-order chi connectivity index (χ0) is 15.6. The van der Waals surface area contributed by atoms with Crippen molar-refractivity contribution in [1.29, 1.82) is 0 Å². The van der Waals surface area contributed by atoms with Gasteiger partial charge in [-0.1, -0.05) is 18.7 Å². The Bertz CT molecular complexity index is 487. The summed E-state index contributed by atoms with van der Waals surface area (Å²) in [5, 5.41) is 5.65. The number of carbonyl (C=O) groups is 1. The smallest absolute Gasteiger partial charge is 0.319 e. The first-order chi connectivity index (χ1) is 10.8. The SMILES string of the molecule is C=CCOc1cccc(NC(=O)NCCN2CCOCC2)c1. The summed E-state index contributed by atoms with van der Waals surface area (Å²) in [6, 6.07) is 7.06. The van der Waals surface area contributed by atoms with E-state index in [-0.39, 0.29) is 6.03 Å². The monoisotopic (exact) mass is 305 g/mol.